The number of rotatable bonds is 2. The standard InChI is InChI=1S/C22H22N2O4/c1-21(2)17-10-5-6-11-18(17)23(3)22(21)12-8-7-9-15-13-16(24(25)26)14-19(27-4)20(15)28-22/h5-14H,1-4H3. The monoisotopic (exact) mass is 378 g/mol. The predicted molar refractivity (Wildman–Crippen MR) is 109 cm³/mol. The van der Waals surface area contributed by atoms with Crippen LogP contribution in [0.25, 0.3) is 6.08 Å². The second-order valence-corrected chi connectivity index (χ2v) is 7.54. The van der Waals surface area contributed by atoms with Gasteiger partial charge in [-0.1, -0.05) is 36.4 Å². The molecule has 0 fully saturated rings. The highest BCUT2D eigenvalue weighted by atomic mass is 16.6. The number of hydrogen-bond donors (Lipinski definition) is 0. The van der Waals surface area contributed by atoms with Crippen molar-refractivity contribution in [2.24, 2.45) is 0 Å². The molecule has 2 aromatic carbocycles. The van der Waals surface area contributed by atoms with Crippen LogP contribution >= 0.6 is 0 Å². The molecule has 1 spiro atoms. The normalized spacial score (nSPS) is 21.5. The minimum atomic E-state index is -0.820. The number of ether oxygens (including phenoxy) is 2. The molecule has 2 aromatic rings. The Bertz CT molecular complexity index is 1030. The number of nitro benzene ring substituents is 1. The molecular formula is C22H22N2O4. The summed E-state index contributed by atoms with van der Waals surface area (Å²) in [5.41, 5.74) is 1.63. The van der Waals surface area contributed by atoms with E-state index in [9.17, 15) is 10.1 Å². The van der Waals surface area contributed by atoms with Gasteiger partial charge in [0.05, 0.1) is 23.5 Å². The summed E-state index contributed by atoms with van der Waals surface area (Å²) in [4.78, 5) is 13.0. The van der Waals surface area contributed by atoms with Crippen LogP contribution in [0, 0.1) is 10.1 Å². The number of non-ortho nitro benzene ring substituents is 1. The van der Waals surface area contributed by atoms with Gasteiger partial charge in [0.25, 0.3) is 5.69 Å². The van der Waals surface area contributed by atoms with Crippen molar-refractivity contribution in [1.29, 1.82) is 0 Å². The van der Waals surface area contributed by atoms with E-state index in [1.807, 2.05) is 37.4 Å². The molecular weight excluding hydrogens is 356 g/mol. The minimum absolute atomic E-state index is 0.0372. The molecule has 2 aliphatic heterocycles. The highest BCUT2D eigenvalue weighted by molar-refractivity contribution is 5.71. The van der Waals surface area contributed by atoms with Gasteiger partial charge in [0.15, 0.2) is 11.5 Å². The Morgan fingerprint density at radius 3 is 2.61 bits per heavy atom. The van der Waals surface area contributed by atoms with Gasteiger partial charge < -0.3 is 14.4 Å². The number of nitro groups is 1. The lowest BCUT2D eigenvalue weighted by molar-refractivity contribution is -0.385. The number of methoxy groups -OCH3 is 1. The van der Waals surface area contributed by atoms with Gasteiger partial charge in [-0.25, -0.2) is 0 Å². The molecule has 0 bridgehead atoms. The molecule has 2 aliphatic rings. The van der Waals surface area contributed by atoms with Crippen LogP contribution in [0.1, 0.15) is 25.0 Å². The molecule has 4 rings (SSSR count). The second-order valence-electron chi connectivity index (χ2n) is 7.54. The lowest BCUT2D eigenvalue weighted by atomic mass is 9.77. The van der Waals surface area contributed by atoms with Crippen molar-refractivity contribution in [3.63, 3.8) is 0 Å². The van der Waals surface area contributed by atoms with Crippen molar-refractivity contribution in [1.82, 2.24) is 0 Å². The first-order valence-electron chi connectivity index (χ1n) is 9.06. The summed E-state index contributed by atoms with van der Waals surface area (Å²) in [6.45, 7) is 4.28. The number of benzene rings is 2. The first kappa shape index (κ1) is 18.1. The smallest absolute Gasteiger partial charge is 0.274 e. The van der Waals surface area contributed by atoms with E-state index in [2.05, 4.69) is 30.9 Å². The molecule has 2 heterocycles. The average molecular weight is 378 g/mol. The van der Waals surface area contributed by atoms with E-state index in [-0.39, 0.29) is 11.1 Å². The summed E-state index contributed by atoms with van der Waals surface area (Å²) in [7, 11) is 3.49. The Morgan fingerprint density at radius 2 is 1.93 bits per heavy atom. The quantitative estimate of drug-likeness (QED) is 0.560. The fourth-order valence-electron chi connectivity index (χ4n) is 4.24. The Labute approximate surface area is 163 Å². The Balaban J connectivity index is 1.95. The van der Waals surface area contributed by atoms with Gasteiger partial charge >= 0.3 is 0 Å². The molecule has 28 heavy (non-hydrogen) atoms. The average Bonchev–Trinajstić information content (AvgIpc) is 2.82. The summed E-state index contributed by atoms with van der Waals surface area (Å²) in [6.07, 6.45) is 7.63. The number of nitrogens with zero attached hydrogens (tertiary/aromatic N) is 2. The zero-order valence-corrected chi connectivity index (χ0v) is 16.3. The van der Waals surface area contributed by atoms with Crippen LogP contribution in [-0.2, 0) is 5.41 Å². The van der Waals surface area contributed by atoms with Crippen LogP contribution in [0.5, 0.6) is 11.5 Å². The van der Waals surface area contributed by atoms with Crippen LogP contribution in [0.4, 0.5) is 11.4 Å². The van der Waals surface area contributed by atoms with E-state index in [1.165, 1.54) is 24.8 Å². The molecule has 0 aliphatic carbocycles. The molecule has 0 aromatic heterocycles. The third-order valence-electron chi connectivity index (χ3n) is 5.80. The van der Waals surface area contributed by atoms with Gasteiger partial charge in [-0.2, -0.15) is 0 Å². The summed E-state index contributed by atoms with van der Waals surface area (Å²) in [5.74, 6) is 0.824. The van der Waals surface area contributed by atoms with Gasteiger partial charge in [-0.15, -0.1) is 0 Å². The number of hydrogen-bond acceptors (Lipinski definition) is 5. The lowest BCUT2D eigenvalue weighted by Crippen LogP contribution is -2.57. The fraction of sp³-hybridized carbons (Fsp3) is 0.273. The van der Waals surface area contributed by atoms with Gasteiger partial charge in [-0.3, -0.25) is 10.1 Å². The molecule has 1 unspecified atom stereocenters. The molecule has 0 saturated heterocycles. The van der Waals surface area contributed by atoms with Crippen molar-refractivity contribution in [3.8, 4) is 11.5 Å². The first-order chi connectivity index (χ1) is 13.3. The maximum absolute atomic E-state index is 11.3. The highest BCUT2D eigenvalue weighted by Gasteiger charge is 2.57. The van der Waals surface area contributed by atoms with Gasteiger partial charge in [0.1, 0.15) is 0 Å². The maximum Gasteiger partial charge on any atom is 0.274 e. The van der Waals surface area contributed by atoms with E-state index in [0.29, 0.717) is 17.1 Å². The third kappa shape index (κ3) is 2.34. The van der Waals surface area contributed by atoms with Gasteiger partial charge in [-0.05, 0) is 31.6 Å². The molecule has 0 amide bonds. The van der Waals surface area contributed by atoms with Crippen molar-refractivity contribution in [2.75, 3.05) is 19.1 Å². The van der Waals surface area contributed by atoms with E-state index in [1.54, 1.807) is 6.08 Å². The number of anilines is 1. The number of allylic oxidation sites excluding steroid dienone is 2. The maximum atomic E-state index is 11.3. The van der Waals surface area contributed by atoms with Crippen LogP contribution in [-0.4, -0.2) is 24.8 Å². The van der Waals surface area contributed by atoms with Crippen LogP contribution in [0.3, 0.4) is 0 Å². The highest BCUT2D eigenvalue weighted by Crippen LogP contribution is 2.54. The summed E-state index contributed by atoms with van der Waals surface area (Å²) >= 11 is 0. The van der Waals surface area contributed by atoms with Crippen molar-refractivity contribution >= 4 is 17.5 Å². The lowest BCUT2D eigenvalue weighted by Gasteiger charge is -2.44. The summed E-state index contributed by atoms with van der Waals surface area (Å²) in [6, 6.07) is 11.1. The molecule has 0 saturated carbocycles. The first-order valence-corrected chi connectivity index (χ1v) is 9.06. The second kappa shape index (κ2) is 6.12. The van der Waals surface area contributed by atoms with Gasteiger partial charge in [0, 0.05) is 24.4 Å². The minimum Gasteiger partial charge on any atom is -0.493 e. The predicted octanol–water partition coefficient (Wildman–Crippen LogP) is 4.69. The number of fused-ring (bicyclic) bond motifs is 2. The molecule has 6 heteroatoms. The van der Waals surface area contributed by atoms with Crippen LogP contribution in [0.2, 0.25) is 0 Å². The third-order valence-corrected chi connectivity index (χ3v) is 5.80. The van der Waals surface area contributed by atoms with E-state index in [0.717, 1.165) is 5.69 Å². The number of para-hydroxylation sites is 1. The molecule has 1 atom stereocenters. The molecule has 144 valence electrons. The number of likely N-dealkylation sites (N-methyl/N-ethyl adjacent to an activating group) is 1. The van der Waals surface area contributed by atoms with E-state index >= 15 is 0 Å². The Hall–Kier alpha value is -3.28. The summed E-state index contributed by atoms with van der Waals surface area (Å²) in [5, 5.41) is 11.3. The fourth-order valence-corrected chi connectivity index (χ4v) is 4.24. The molecule has 0 N–H and O–H groups in total. The van der Waals surface area contributed by atoms with Gasteiger partial charge in [0.2, 0.25) is 5.72 Å². The van der Waals surface area contributed by atoms with Crippen molar-refractivity contribution in [3.05, 3.63) is 75.9 Å². The zero-order chi connectivity index (χ0) is 20.1. The summed E-state index contributed by atoms with van der Waals surface area (Å²) < 4.78 is 12.2. The SMILES string of the molecule is COc1cc([N+](=O)[O-])cc2c1OC1(C=CC=C2)N(C)c2ccccc2C1(C)C. The molecule has 6 nitrogen and oxygen atoms in total. The Morgan fingerprint density at radius 1 is 1.18 bits per heavy atom. The van der Waals surface area contributed by atoms with Crippen molar-refractivity contribution < 1.29 is 14.4 Å². The topological polar surface area (TPSA) is 64.8 Å². The van der Waals surface area contributed by atoms with Crippen LogP contribution in [0.15, 0.2) is 54.6 Å². The largest absolute Gasteiger partial charge is 0.493 e. The van der Waals surface area contributed by atoms with E-state index in [4.69, 9.17) is 9.47 Å². The Kier molecular flexibility index (Phi) is 3.96. The van der Waals surface area contributed by atoms with Crippen molar-refractivity contribution in [2.45, 2.75) is 25.0 Å². The van der Waals surface area contributed by atoms with E-state index < -0.39 is 10.6 Å². The zero-order valence-electron chi connectivity index (χ0n) is 16.3. The molecule has 0 radical (unpaired) electrons. The van der Waals surface area contributed by atoms with Crippen LogP contribution < -0.4 is 14.4 Å².